The molecular formula is C15H18N2O3. The number of ketones is 1. The smallest absolute Gasteiger partial charge is 0.243 e. The molecule has 1 aromatic rings. The largest absolute Gasteiger partial charge is 0.294 e. The standard InChI is InChI=1S/C15H18N2O3/c1-3-12-15(20)16-13(18)9-17(12)10(2)14(19)11-7-5-4-6-8-11/h4-8,10,12H,3,9H2,1-2H3,(H,16,18,20). The lowest BCUT2D eigenvalue weighted by atomic mass is 10.00. The number of rotatable bonds is 4. The summed E-state index contributed by atoms with van der Waals surface area (Å²) in [6, 6.07) is 7.98. The number of Topliss-reactive ketones (excluding diaryl/α,β-unsaturated/α-hetero) is 1. The van der Waals surface area contributed by atoms with Crippen LogP contribution < -0.4 is 5.32 Å². The van der Waals surface area contributed by atoms with Gasteiger partial charge in [0.2, 0.25) is 11.8 Å². The molecule has 106 valence electrons. The lowest BCUT2D eigenvalue weighted by Crippen LogP contribution is -2.61. The molecule has 1 fully saturated rings. The van der Waals surface area contributed by atoms with Crippen molar-refractivity contribution < 1.29 is 14.4 Å². The number of benzene rings is 1. The molecule has 2 atom stereocenters. The monoisotopic (exact) mass is 274 g/mol. The van der Waals surface area contributed by atoms with Gasteiger partial charge in [-0.25, -0.2) is 0 Å². The van der Waals surface area contributed by atoms with Crippen LogP contribution in [-0.2, 0) is 9.59 Å². The van der Waals surface area contributed by atoms with Gasteiger partial charge in [0, 0.05) is 5.56 Å². The van der Waals surface area contributed by atoms with Gasteiger partial charge in [-0.05, 0) is 13.3 Å². The molecule has 1 N–H and O–H groups in total. The van der Waals surface area contributed by atoms with Crippen molar-refractivity contribution in [3.05, 3.63) is 35.9 Å². The van der Waals surface area contributed by atoms with Gasteiger partial charge in [-0.3, -0.25) is 24.6 Å². The molecule has 0 bridgehead atoms. The summed E-state index contributed by atoms with van der Waals surface area (Å²) in [7, 11) is 0. The molecule has 0 spiro atoms. The van der Waals surface area contributed by atoms with Crippen molar-refractivity contribution in [3.8, 4) is 0 Å². The van der Waals surface area contributed by atoms with Crippen molar-refractivity contribution >= 4 is 17.6 Å². The Morgan fingerprint density at radius 3 is 2.60 bits per heavy atom. The van der Waals surface area contributed by atoms with Crippen molar-refractivity contribution in [1.82, 2.24) is 10.2 Å². The minimum Gasteiger partial charge on any atom is -0.294 e. The quantitative estimate of drug-likeness (QED) is 0.657. The molecule has 0 aliphatic carbocycles. The zero-order chi connectivity index (χ0) is 14.7. The average Bonchev–Trinajstić information content (AvgIpc) is 2.46. The van der Waals surface area contributed by atoms with Crippen LogP contribution in [0.5, 0.6) is 0 Å². The van der Waals surface area contributed by atoms with E-state index in [4.69, 9.17) is 0 Å². The van der Waals surface area contributed by atoms with Gasteiger partial charge in [0.1, 0.15) is 0 Å². The van der Waals surface area contributed by atoms with Gasteiger partial charge in [-0.15, -0.1) is 0 Å². The Kier molecular flexibility index (Phi) is 4.29. The summed E-state index contributed by atoms with van der Waals surface area (Å²) in [6.07, 6.45) is 0.561. The maximum Gasteiger partial charge on any atom is 0.243 e. The van der Waals surface area contributed by atoms with Crippen LogP contribution in [0.2, 0.25) is 0 Å². The molecule has 2 unspecified atom stereocenters. The maximum absolute atomic E-state index is 12.4. The van der Waals surface area contributed by atoms with Gasteiger partial charge in [0.25, 0.3) is 0 Å². The fourth-order valence-electron chi connectivity index (χ4n) is 2.51. The van der Waals surface area contributed by atoms with E-state index in [1.54, 1.807) is 36.1 Å². The molecule has 0 aromatic heterocycles. The summed E-state index contributed by atoms with van der Waals surface area (Å²) in [5, 5.41) is 2.31. The van der Waals surface area contributed by atoms with E-state index in [0.29, 0.717) is 12.0 Å². The zero-order valence-corrected chi connectivity index (χ0v) is 11.6. The Labute approximate surface area is 118 Å². The Bertz CT molecular complexity index is 527. The highest BCUT2D eigenvalue weighted by atomic mass is 16.2. The van der Waals surface area contributed by atoms with Crippen molar-refractivity contribution in [2.45, 2.75) is 32.4 Å². The van der Waals surface area contributed by atoms with Gasteiger partial charge in [-0.2, -0.15) is 0 Å². The number of piperazine rings is 1. The van der Waals surface area contributed by atoms with E-state index in [0.717, 1.165) is 0 Å². The molecule has 1 aliphatic heterocycles. The average molecular weight is 274 g/mol. The number of carbonyl (C=O) groups is 3. The van der Waals surface area contributed by atoms with E-state index in [9.17, 15) is 14.4 Å². The van der Waals surface area contributed by atoms with Crippen molar-refractivity contribution in [2.24, 2.45) is 0 Å². The number of hydrogen-bond donors (Lipinski definition) is 1. The Hall–Kier alpha value is -2.01. The van der Waals surface area contributed by atoms with E-state index < -0.39 is 12.1 Å². The van der Waals surface area contributed by atoms with Gasteiger partial charge in [-0.1, -0.05) is 37.3 Å². The highest BCUT2D eigenvalue weighted by molar-refractivity contribution is 6.04. The molecular weight excluding hydrogens is 256 g/mol. The number of amides is 2. The summed E-state index contributed by atoms with van der Waals surface area (Å²) in [4.78, 5) is 37.5. The zero-order valence-electron chi connectivity index (χ0n) is 11.6. The van der Waals surface area contributed by atoms with E-state index in [-0.39, 0.29) is 24.1 Å². The molecule has 1 aromatic carbocycles. The second-order valence-electron chi connectivity index (χ2n) is 4.92. The SMILES string of the molecule is CCC1C(=O)NC(=O)CN1C(C)C(=O)c1ccccc1. The molecule has 0 radical (unpaired) electrons. The van der Waals surface area contributed by atoms with Crippen LogP contribution in [0, 0.1) is 0 Å². The van der Waals surface area contributed by atoms with Gasteiger partial charge in [0.05, 0.1) is 18.6 Å². The van der Waals surface area contributed by atoms with Crippen LogP contribution in [0.1, 0.15) is 30.6 Å². The summed E-state index contributed by atoms with van der Waals surface area (Å²) < 4.78 is 0. The number of imide groups is 1. The first-order chi connectivity index (χ1) is 9.54. The lowest BCUT2D eigenvalue weighted by Gasteiger charge is -2.36. The van der Waals surface area contributed by atoms with Gasteiger partial charge < -0.3 is 0 Å². The number of nitrogens with one attached hydrogen (secondary N) is 1. The molecule has 2 rings (SSSR count). The Balaban J connectivity index is 2.22. The van der Waals surface area contributed by atoms with E-state index in [2.05, 4.69) is 5.32 Å². The lowest BCUT2D eigenvalue weighted by molar-refractivity contribution is -0.140. The third kappa shape index (κ3) is 2.77. The number of hydrogen-bond acceptors (Lipinski definition) is 4. The first-order valence-corrected chi connectivity index (χ1v) is 6.73. The minimum atomic E-state index is -0.502. The van der Waals surface area contributed by atoms with Crippen molar-refractivity contribution in [2.75, 3.05) is 6.54 Å². The fraction of sp³-hybridized carbons (Fsp3) is 0.400. The van der Waals surface area contributed by atoms with Crippen LogP contribution in [0.15, 0.2) is 30.3 Å². The van der Waals surface area contributed by atoms with E-state index in [1.165, 1.54) is 0 Å². The topological polar surface area (TPSA) is 66.5 Å². The van der Waals surface area contributed by atoms with E-state index >= 15 is 0 Å². The third-order valence-electron chi connectivity index (χ3n) is 3.61. The van der Waals surface area contributed by atoms with Crippen molar-refractivity contribution in [1.29, 1.82) is 0 Å². The molecule has 1 saturated heterocycles. The highest BCUT2D eigenvalue weighted by Gasteiger charge is 2.37. The first-order valence-electron chi connectivity index (χ1n) is 6.73. The number of carbonyl (C=O) groups excluding carboxylic acids is 3. The maximum atomic E-state index is 12.4. The minimum absolute atomic E-state index is 0.0734. The third-order valence-corrected chi connectivity index (χ3v) is 3.61. The highest BCUT2D eigenvalue weighted by Crippen LogP contribution is 2.16. The molecule has 1 aliphatic rings. The van der Waals surface area contributed by atoms with E-state index in [1.807, 2.05) is 13.0 Å². The summed E-state index contributed by atoms with van der Waals surface area (Å²) >= 11 is 0. The normalized spacial score (nSPS) is 21.4. The molecule has 20 heavy (non-hydrogen) atoms. The molecule has 1 heterocycles. The summed E-state index contributed by atoms with van der Waals surface area (Å²) in [6.45, 7) is 3.68. The van der Waals surface area contributed by atoms with Crippen LogP contribution in [0.25, 0.3) is 0 Å². The van der Waals surface area contributed by atoms with Gasteiger partial charge in [0.15, 0.2) is 5.78 Å². The second-order valence-corrected chi connectivity index (χ2v) is 4.92. The summed E-state index contributed by atoms with van der Waals surface area (Å²) in [5.74, 6) is -0.754. The summed E-state index contributed by atoms with van der Waals surface area (Å²) in [5.41, 5.74) is 0.591. The predicted molar refractivity (Wildman–Crippen MR) is 74.2 cm³/mol. The molecule has 2 amide bonds. The van der Waals surface area contributed by atoms with Crippen LogP contribution in [-0.4, -0.2) is 41.1 Å². The molecule has 5 heteroatoms. The van der Waals surface area contributed by atoms with Gasteiger partial charge >= 0.3 is 0 Å². The fourth-order valence-corrected chi connectivity index (χ4v) is 2.51. The van der Waals surface area contributed by atoms with Crippen molar-refractivity contribution in [3.63, 3.8) is 0 Å². The van der Waals surface area contributed by atoms with Crippen LogP contribution >= 0.6 is 0 Å². The second kappa shape index (κ2) is 5.96. The number of nitrogens with zero attached hydrogens (tertiary/aromatic N) is 1. The molecule has 0 saturated carbocycles. The van der Waals surface area contributed by atoms with Crippen LogP contribution in [0.4, 0.5) is 0 Å². The first kappa shape index (κ1) is 14.4. The Morgan fingerprint density at radius 1 is 1.35 bits per heavy atom. The Morgan fingerprint density at radius 2 is 2.00 bits per heavy atom. The molecule has 5 nitrogen and oxygen atoms in total. The van der Waals surface area contributed by atoms with Crippen LogP contribution in [0.3, 0.4) is 0 Å². The predicted octanol–water partition coefficient (Wildman–Crippen LogP) is 0.995.